The molecule has 3 aromatic rings. The molecular formula is C22H24FN3O2S. The minimum Gasteiger partial charge on any atom is -0.350 e. The maximum Gasteiger partial charge on any atom is 0.272 e. The van der Waals surface area contributed by atoms with Gasteiger partial charge in [0.2, 0.25) is 0 Å². The zero-order valence-corrected chi connectivity index (χ0v) is 17.6. The van der Waals surface area contributed by atoms with Gasteiger partial charge in [0, 0.05) is 23.4 Å². The van der Waals surface area contributed by atoms with Gasteiger partial charge in [-0.1, -0.05) is 6.07 Å². The molecule has 0 saturated carbocycles. The lowest BCUT2D eigenvalue weighted by Crippen LogP contribution is -2.31. The van der Waals surface area contributed by atoms with Gasteiger partial charge in [-0.3, -0.25) is 9.59 Å². The summed E-state index contributed by atoms with van der Waals surface area (Å²) in [5.41, 5.74) is 2.64. The summed E-state index contributed by atoms with van der Waals surface area (Å²) < 4.78 is 15.8. The smallest absolute Gasteiger partial charge is 0.272 e. The van der Waals surface area contributed by atoms with E-state index in [0.717, 1.165) is 31.2 Å². The van der Waals surface area contributed by atoms with E-state index in [2.05, 4.69) is 10.6 Å². The minimum atomic E-state index is -0.360. The SMILES string of the molecule is CC(C)NC(=O)c1c(NC(=O)c2cc3c(F)cccc3n2C)sc2c1CCCC2. The highest BCUT2D eigenvalue weighted by molar-refractivity contribution is 7.17. The minimum absolute atomic E-state index is 0.00587. The fourth-order valence-electron chi connectivity index (χ4n) is 3.94. The van der Waals surface area contributed by atoms with Crippen molar-refractivity contribution in [1.82, 2.24) is 9.88 Å². The number of hydrogen-bond acceptors (Lipinski definition) is 3. The number of anilines is 1. The predicted octanol–water partition coefficient (Wildman–Crippen LogP) is 4.65. The maximum absolute atomic E-state index is 14.1. The molecule has 1 aliphatic rings. The summed E-state index contributed by atoms with van der Waals surface area (Å²) in [6, 6.07) is 6.35. The summed E-state index contributed by atoms with van der Waals surface area (Å²) in [5, 5.41) is 6.87. The van der Waals surface area contributed by atoms with Gasteiger partial charge in [-0.2, -0.15) is 0 Å². The number of halogens is 1. The van der Waals surface area contributed by atoms with Crippen molar-refractivity contribution in [3.63, 3.8) is 0 Å². The van der Waals surface area contributed by atoms with E-state index in [9.17, 15) is 14.0 Å². The monoisotopic (exact) mass is 413 g/mol. The van der Waals surface area contributed by atoms with E-state index in [1.807, 2.05) is 13.8 Å². The molecule has 29 heavy (non-hydrogen) atoms. The first kappa shape index (κ1) is 19.6. The van der Waals surface area contributed by atoms with Crippen LogP contribution in [0.4, 0.5) is 9.39 Å². The molecule has 152 valence electrons. The van der Waals surface area contributed by atoms with E-state index in [1.54, 1.807) is 29.8 Å². The molecule has 4 rings (SSSR count). The third-order valence-electron chi connectivity index (χ3n) is 5.31. The largest absolute Gasteiger partial charge is 0.350 e. The zero-order chi connectivity index (χ0) is 20.7. The summed E-state index contributed by atoms with van der Waals surface area (Å²) in [4.78, 5) is 27.1. The van der Waals surface area contributed by atoms with Crippen LogP contribution in [0.25, 0.3) is 10.9 Å². The van der Waals surface area contributed by atoms with Crippen LogP contribution in [0.3, 0.4) is 0 Å². The normalized spacial score (nSPS) is 13.6. The first-order valence-corrected chi connectivity index (χ1v) is 10.7. The maximum atomic E-state index is 14.1. The van der Waals surface area contributed by atoms with Crippen molar-refractivity contribution in [2.24, 2.45) is 7.05 Å². The molecule has 0 saturated heterocycles. The van der Waals surface area contributed by atoms with Crippen molar-refractivity contribution in [1.29, 1.82) is 0 Å². The number of hydrogen-bond donors (Lipinski definition) is 2. The van der Waals surface area contributed by atoms with Crippen LogP contribution in [0.15, 0.2) is 24.3 Å². The van der Waals surface area contributed by atoms with Crippen molar-refractivity contribution in [2.45, 2.75) is 45.6 Å². The average Bonchev–Trinajstić information content (AvgIpc) is 3.20. The molecule has 2 heterocycles. The number of nitrogens with zero attached hydrogens (tertiary/aromatic N) is 1. The number of amides is 2. The van der Waals surface area contributed by atoms with Gasteiger partial charge in [-0.05, 0) is 63.3 Å². The Hall–Kier alpha value is -2.67. The van der Waals surface area contributed by atoms with Gasteiger partial charge in [-0.15, -0.1) is 11.3 Å². The molecule has 1 aliphatic carbocycles. The summed E-state index contributed by atoms with van der Waals surface area (Å²) in [6.45, 7) is 3.83. The van der Waals surface area contributed by atoms with E-state index in [0.29, 0.717) is 27.2 Å². The van der Waals surface area contributed by atoms with Gasteiger partial charge in [0.25, 0.3) is 11.8 Å². The van der Waals surface area contributed by atoms with Crippen LogP contribution < -0.4 is 10.6 Å². The van der Waals surface area contributed by atoms with E-state index >= 15 is 0 Å². The molecule has 2 amide bonds. The number of aromatic nitrogens is 1. The quantitative estimate of drug-likeness (QED) is 0.654. The molecule has 0 fully saturated rings. The molecule has 0 aliphatic heterocycles. The van der Waals surface area contributed by atoms with Crippen LogP contribution in [-0.4, -0.2) is 22.4 Å². The van der Waals surface area contributed by atoms with E-state index in [4.69, 9.17) is 0 Å². The Morgan fingerprint density at radius 3 is 2.66 bits per heavy atom. The Labute approximate surface area is 172 Å². The Morgan fingerprint density at radius 1 is 1.17 bits per heavy atom. The third kappa shape index (κ3) is 3.55. The lowest BCUT2D eigenvalue weighted by atomic mass is 9.95. The number of thiophene rings is 1. The first-order valence-electron chi connectivity index (χ1n) is 9.87. The topological polar surface area (TPSA) is 63.1 Å². The molecule has 0 unspecified atom stereocenters. The van der Waals surface area contributed by atoms with Crippen LogP contribution in [0.5, 0.6) is 0 Å². The highest BCUT2D eigenvalue weighted by atomic mass is 32.1. The Bertz CT molecular complexity index is 1110. The number of fused-ring (bicyclic) bond motifs is 2. The fraction of sp³-hybridized carbons (Fsp3) is 0.364. The summed E-state index contributed by atoms with van der Waals surface area (Å²) in [6.07, 6.45) is 3.91. The molecule has 0 spiro atoms. The molecule has 7 heteroatoms. The molecule has 2 N–H and O–H groups in total. The van der Waals surface area contributed by atoms with Crippen LogP contribution in [0.1, 0.15) is 58.0 Å². The Kier molecular flexibility index (Phi) is 5.17. The number of carbonyl (C=O) groups excluding carboxylic acids is 2. The number of carbonyl (C=O) groups is 2. The molecule has 0 radical (unpaired) electrons. The van der Waals surface area contributed by atoms with Gasteiger partial charge < -0.3 is 15.2 Å². The van der Waals surface area contributed by atoms with Crippen molar-refractivity contribution in [2.75, 3.05) is 5.32 Å². The van der Waals surface area contributed by atoms with E-state index in [1.165, 1.54) is 22.3 Å². The van der Waals surface area contributed by atoms with Crippen molar-refractivity contribution < 1.29 is 14.0 Å². The highest BCUT2D eigenvalue weighted by Crippen LogP contribution is 2.38. The number of nitrogens with one attached hydrogen (secondary N) is 2. The second-order valence-corrected chi connectivity index (χ2v) is 8.86. The number of rotatable bonds is 4. The summed E-state index contributed by atoms with van der Waals surface area (Å²) >= 11 is 1.48. The third-order valence-corrected chi connectivity index (χ3v) is 6.52. The Morgan fingerprint density at radius 2 is 1.93 bits per heavy atom. The summed E-state index contributed by atoms with van der Waals surface area (Å²) in [7, 11) is 1.74. The molecule has 0 atom stereocenters. The van der Waals surface area contributed by atoms with Crippen LogP contribution in [0.2, 0.25) is 0 Å². The molecule has 1 aromatic carbocycles. The first-order chi connectivity index (χ1) is 13.9. The van der Waals surface area contributed by atoms with Gasteiger partial charge >= 0.3 is 0 Å². The average molecular weight is 414 g/mol. The number of aryl methyl sites for hydroxylation is 2. The van der Waals surface area contributed by atoms with Crippen LogP contribution >= 0.6 is 11.3 Å². The lowest BCUT2D eigenvalue weighted by molar-refractivity contribution is 0.0943. The zero-order valence-electron chi connectivity index (χ0n) is 16.8. The standard InChI is InChI=1S/C22H24FN3O2S/c1-12(2)24-21(28)19-13-7-4-5-10-18(13)29-22(19)25-20(27)17-11-14-15(23)8-6-9-16(14)26(17)3/h6,8-9,11-12H,4-5,7,10H2,1-3H3,(H,24,28)(H,25,27). The molecule has 5 nitrogen and oxygen atoms in total. The van der Waals surface area contributed by atoms with Gasteiger partial charge in [0.15, 0.2) is 0 Å². The van der Waals surface area contributed by atoms with E-state index < -0.39 is 0 Å². The van der Waals surface area contributed by atoms with Crippen molar-refractivity contribution in [3.05, 3.63) is 51.8 Å². The van der Waals surface area contributed by atoms with Crippen LogP contribution in [0, 0.1) is 5.82 Å². The highest BCUT2D eigenvalue weighted by Gasteiger charge is 2.27. The molecule has 0 bridgehead atoms. The lowest BCUT2D eigenvalue weighted by Gasteiger charge is -2.14. The summed E-state index contributed by atoms with van der Waals surface area (Å²) in [5.74, 6) is -0.862. The van der Waals surface area contributed by atoms with E-state index in [-0.39, 0.29) is 23.7 Å². The van der Waals surface area contributed by atoms with Gasteiger partial charge in [0.1, 0.15) is 16.5 Å². The second-order valence-electron chi connectivity index (χ2n) is 7.76. The molecule has 2 aromatic heterocycles. The second kappa shape index (κ2) is 7.63. The van der Waals surface area contributed by atoms with Crippen LogP contribution in [-0.2, 0) is 19.9 Å². The number of benzene rings is 1. The van der Waals surface area contributed by atoms with Crippen molar-refractivity contribution >= 4 is 39.1 Å². The Balaban J connectivity index is 1.72. The van der Waals surface area contributed by atoms with Gasteiger partial charge in [-0.25, -0.2) is 4.39 Å². The molecular weight excluding hydrogens is 389 g/mol. The van der Waals surface area contributed by atoms with Gasteiger partial charge in [0.05, 0.1) is 11.1 Å². The predicted molar refractivity (Wildman–Crippen MR) is 114 cm³/mol. The fourth-order valence-corrected chi connectivity index (χ4v) is 5.22. The van der Waals surface area contributed by atoms with Crippen molar-refractivity contribution in [3.8, 4) is 0 Å².